The molecule has 0 spiro atoms. The summed E-state index contributed by atoms with van der Waals surface area (Å²) in [6, 6.07) is 0. The van der Waals surface area contributed by atoms with Crippen molar-refractivity contribution in [2.45, 2.75) is 78.1 Å². The first kappa shape index (κ1) is 17.0. The highest BCUT2D eigenvalue weighted by Crippen LogP contribution is 2.07. The van der Waals surface area contributed by atoms with E-state index in [-0.39, 0.29) is 0 Å². The molecule has 0 heterocycles. The van der Waals surface area contributed by atoms with Crippen LogP contribution in [0.3, 0.4) is 0 Å². The highest BCUT2D eigenvalue weighted by atomic mass is 13.9. The predicted octanol–water partition coefficient (Wildman–Crippen LogP) is 6.04. The van der Waals surface area contributed by atoms with E-state index in [0.29, 0.717) is 0 Å². The summed E-state index contributed by atoms with van der Waals surface area (Å²) in [5.74, 6) is 6.18. The van der Waals surface area contributed by atoms with Crippen LogP contribution in [-0.2, 0) is 0 Å². The maximum absolute atomic E-state index is 3.96. The zero-order chi connectivity index (χ0) is 13.5. The van der Waals surface area contributed by atoms with E-state index in [1.54, 1.807) is 0 Å². The summed E-state index contributed by atoms with van der Waals surface area (Å²) >= 11 is 0. The lowest BCUT2D eigenvalue weighted by Crippen LogP contribution is -1.77. The highest BCUT2D eigenvalue weighted by Gasteiger charge is 1.88. The van der Waals surface area contributed by atoms with Crippen LogP contribution in [-0.4, -0.2) is 0 Å². The minimum absolute atomic E-state index is 1.05. The molecule has 0 nitrogen and oxygen atoms in total. The van der Waals surface area contributed by atoms with E-state index in [2.05, 4.69) is 38.3 Å². The Balaban J connectivity index is 3.42. The van der Waals surface area contributed by atoms with Crippen molar-refractivity contribution >= 4 is 0 Å². The van der Waals surface area contributed by atoms with Gasteiger partial charge in [0.15, 0.2) is 0 Å². The normalized spacial score (nSPS) is 10.3. The van der Waals surface area contributed by atoms with Gasteiger partial charge in [-0.1, -0.05) is 76.9 Å². The van der Waals surface area contributed by atoms with Gasteiger partial charge in [-0.2, -0.15) is 0 Å². The van der Waals surface area contributed by atoms with Crippen LogP contribution in [0.25, 0.3) is 0 Å². The number of hydrogen-bond donors (Lipinski definition) is 0. The lowest BCUT2D eigenvalue weighted by molar-refractivity contribution is 0.611. The van der Waals surface area contributed by atoms with Gasteiger partial charge in [0.05, 0.1) is 0 Å². The van der Waals surface area contributed by atoms with Gasteiger partial charge in [-0.25, -0.2) is 0 Å². The lowest BCUT2D eigenvalue weighted by Gasteiger charge is -1.97. The molecule has 18 heavy (non-hydrogen) atoms. The number of hydrogen-bond acceptors (Lipinski definition) is 0. The Kier molecular flexibility index (Phi) is 13.4. The molecule has 0 aliphatic carbocycles. The molecule has 102 valence electrons. The van der Waals surface area contributed by atoms with Crippen molar-refractivity contribution in [3.05, 3.63) is 24.3 Å². The summed E-state index contributed by atoms with van der Waals surface area (Å²) in [4.78, 5) is 0. The maximum Gasteiger partial charge on any atom is -0.00480 e. The summed E-state index contributed by atoms with van der Waals surface area (Å²) in [6.07, 6.45) is 17.0. The average molecular weight is 246 g/mol. The van der Waals surface area contributed by atoms with Crippen LogP contribution in [0, 0.1) is 11.8 Å². The minimum atomic E-state index is 1.05. The number of allylic oxidation sites excluding steroid dienone is 3. The van der Waals surface area contributed by atoms with E-state index in [1.807, 2.05) is 6.08 Å². The van der Waals surface area contributed by atoms with E-state index in [4.69, 9.17) is 0 Å². The zero-order valence-corrected chi connectivity index (χ0v) is 12.4. The average Bonchev–Trinajstić information content (AvgIpc) is 2.38. The molecule has 0 fully saturated rings. The van der Waals surface area contributed by atoms with Crippen molar-refractivity contribution in [1.29, 1.82) is 0 Å². The first-order valence-electron chi connectivity index (χ1n) is 7.65. The molecule has 0 aliphatic rings. The quantitative estimate of drug-likeness (QED) is 0.325. The van der Waals surface area contributed by atoms with Crippen molar-refractivity contribution in [3.8, 4) is 11.8 Å². The van der Waals surface area contributed by atoms with Crippen molar-refractivity contribution in [2.24, 2.45) is 0 Å². The third-order valence-corrected chi connectivity index (χ3v) is 3.01. The van der Waals surface area contributed by atoms with Crippen molar-refractivity contribution in [1.82, 2.24) is 0 Å². The molecule has 0 saturated carbocycles. The summed E-state index contributed by atoms with van der Waals surface area (Å²) in [7, 11) is 0. The molecule has 0 N–H and O–H groups in total. The second kappa shape index (κ2) is 14.1. The van der Waals surface area contributed by atoms with Gasteiger partial charge in [0, 0.05) is 0 Å². The van der Waals surface area contributed by atoms with E-state index in [1.165, 1.54) is 57.8 Å². The van der Waals surface area contributed by atoms with Gasteiger partial charge in [0.2, 0.25) is 0 Å². The third kappa shape index (κ3) is 13.1. The molecular weight excluding hydrogens is 216 g/mol. The van der Waals surface area contributed by atoms with Crippen molar-refractivity contribution in [2.75, 3.05) is 0 Å². The fourth-order valence-electron chi connectivity index (χ4n) is 1.78. The topological polar surface area (TPSA) is 0 Å². The lowest BCUT2D eigenvalue weighted by atomic mass is 10.1. The van der Waals surface area contributed by atoms with E-state index < -0.39 is 0 Å². The van der Waals surface area contributed by atoms with Gasteiger partial charge in [0.1, 0.15) is 0 Å². The van der Waals surface area contributed by atoms with Crippen LogP contribution in [0.5, 0.6) is 0 Å². The van der Waals surface area contributed by atoms with Crippen LogP contribution in [0.1, 0.15) is 78.1 Å². The summed E-state index contributed by atoms with van der Waals surface area (Å²) in [5.41, 5.74) is 1.07. The zero-order valence-electron chi connectivity index (χ0n) is 12.4. The molecule has 0 radical (unpaired) electrons. The Morgan fingerprint density at radius 2 is 1.61 bits per heavy atom. The molecule has 0 aromatic rings. The second-order valence-electron chi connectivity index (χ2n) is 4.94. The Morgan fingerprint density at radius 1 is 0.944 bits per heavy atom. The fourth-order valence-corrected chi connectivity index (χ4v) is 1.78. The van der Waals surface area contributed by atoms with Crippen LogP contribution >= 0.6 is 0 Å². The van der Waals surface area contributed by atoms with Crippen LogP contribution in [0.15, 0.2) is 24.3 Å². The SMILES string of the molecule is C=C(C#C/C=C\CCCCCCCC)CCCC. The van der Waals surface area contributed by atoms with Crippen molar-refractivity contribution in [3.63, 3.8) is 0 Å². The Bertz CT molecular complexity index is 272. The van der Waals surface area contributed by atoms with E-state index in [0.717, 1.165) is 12.0 Å². The van der Waals surface area contributed by atoms with Crippen molar-refractivity contribution < 1.29 is 0 Å². The van der Waals surface area contributed by atoms with E-state index >= 15 is 0 Å². The molecule has 0 aromatic carbocycles. The molecule has 0 rings (SSSR count). The minimum Gasteiger partial charge on any atom is -0.0874 e. The largest absolute Gasteiger partial charge is 0.0874 e. The van der Waals surface area contributed by atoms with Gasteiger partial charge in [-0.05, 0) is 37.3 Å². The molecule has 0 aliphatic heterocycles. The smallest absolute Gasteiger partial charge is 0.00480 e. The summed E-state index contributed by atoms with van der Waals surface area (Å²) in [5, 5.41) is 0. The standard InChI is InChI=1S/C18H30/c1-4-6-8-9-10-11-12-13-14-15-17-18(3)16-7-5-2/h13-14H,3-12,16H2,1-2H3/b14-13-. The van der Waals surface area contributed by atoms with Crippen LogP contribution in [0.2, 0.25) is 0 Å². The molecule has 0 amide bonds. The van der Waals surface area contributed by atoms with E-state index in [9.17, 15) is 0 Å². The molecule has 0 bridgehead atoms. The third-order valence-electron chi connectivity index (χ3n) is 3.01. The van der Waals surface area contributed by atoms with Gasteiger partial charge in [-0.15, -0.1) is 0 Å². The molecule has 0 aromatic heterocycles. The van der Waals surface area contributed by atoms with Gasteiger partial charge in [0.25, 0.3) is 0 Å². The molecule has 0 unspecified atom stereocenters. The second-order valence-corrected chi connectivity index (χ2v) is 4.94. The number of unbranched alkanes of at least 4 members (excludes halogenated alkanes) is 7. The number of rotatable bonds is 10. The first-order chi connectivity index (χ1) is 8.81. The Labute approximate surface area is 115 Å². The molecule has 0 saturated heterocycles. The van der Waals surface area contributed by atoms with Crippen LogP contribution < -0.4 is 0 Å². The fraction of sp³-hybridized carbons (Fsp3) is 0.667. The van der Waals surface area contributed by atoms with Gasteiger partial charge < -0.3 is 0 Å². The molecule has 0 atom stereocenters. The molecular formula is C18H30. The maximum atomic E-state index is 3.96. The monoisotopic (exact) mass is 246 g/mol. The Hall–Kier alpha value is -0.960. The first-order valence-corrected chi connectivity index (χ1v) is 7.65. The molecule has 0 heteroatoms. The predicted molar refractivity (Wildman–Crippen MR) is 83.6 cm³/mol. The summed E-state index contributed by atoms with van der Waals surface area (Å²) < 4.78 is 0. The van der Waals surface area contributed by atoms with Crippen LogP contribution in [0.4, 0.5) is 0 Å². The highest BCUT2D eigenvalue weighted by molar-refractivity contribution is 5.30. The Morgan fingerprint density at radius 3 is 2.33 bits per heavy atom. The summed E-state index contributed by atoms with van der Waals surface area (Å²) in [6.45, 7) is 8.42. The van der Waals surface area contributed by atoms with Gasteiger partial charge in [-0.3, -0.25) is 0 Å². The van der Waals surface area contributed by atoms with Gasteiger partial charge >= 0.3 is 0 Å².